The maximum absolute atomic E-state index is 10.2. The summed E-state index contributed by atoms with van der Waals surface area (Å²) >= 11 is 1.95. The molecular weight excluding hydrogens is 414 g/mol. The first-order chi connectivity index (χ1) is 15.7. The lowest BCUT2D eigenvalue weighted by Crippen LogP contribution is -2.32. The monoisotopic (exact) mass is 453 g/mol. The van der Waals surface area contributed by atoms with Crippen molar-refractivity contribution in [2.24, 2.45) is 0 Å². The SMILES string of the molecule is CCCCC1(CCCC)Oc2ccc(C3CCC(CCc4ccccc4)N3CO)cc2S1. The van der Waals surface area contributed by atoms with Gasteiger partial charge in [-0.3, -0.25) is 4.90 Å². The first-order valence-electron chi connectivity index (χ1n) is 12.6. The van der Waals surface area contributed by atoms with Crippen molar-refractivity contribution in [3.05, 3.63) is 59.7 Å². The summed E-state index contributed by atoms with van der Waals surface area (Å²) in [7, 11) is 0. The molecule has 2 aromatic carbocycles. The molecule has 2 aliphatic heterocycles. The molecule has 3 nitrogen and oxygen atoms in total. The van der Waals surface area contributed by atoms with Crippen LogP contribution in [-0.4, -0.2) is 27.7 Å². The second-order valence-corrected chi connectivity index (χ2v) is 10.8. The van der Waals surface area contributed by atoms with Crippen LogP contribution in [0.15, 0.2) is 53.4 Å². The third-order valence-corrected chi connectivity index (χ3v) is 8.58. The number of rotatable bonds is 11. The van der Waals surface area contributed by atoms with Crippen LogP contribution in [0.4, 0.5) is 0 Å². The predicted molar refractivity (Wildman–Crippen MR) is 134 cm³/mol. The minimum atomic E-state index is -0.0858. The lowest BCUT2D eigenvalue weighted by atomic mass is 10.0. The minimum absolute atomic E-state index is 0.0858. The fraction of sp³-hybridized carbons (Fsp3) is 0.571. The summed E-state index contributed by atoms with van der Waals surface area (Å²) in [6.07, 6.45) is 11.5. The van der Waals surface area contributed by atoms with Gasteiger partial charge in [0, 0.05) is 12.1 Å². The average Bonchev–Trinajstić information content (AvgIpc) is 3.41. The van der Waals surface area contributed by atoms with Crippen LogP contribution in [0.2, 0.25) is 0 Å². The molecule has 174 valence electrons. The van der Waals surface area contributed by atoms with Crippen molar-refractivity contribution in [2.45, 2.75) is 100.0 Å². The summed E-state index contributed by atoms with van der Waals surface area (Å²) in [5.74, 6) is 1.06. The summed E-state index contributed by atoms with van der Waals surface area (Å²) in [5.41, 5.74) is 2.72. The van der Waals surface area contributed by atoms with Gasteiger partial charge in [-0.2, -0.15) is 0 Å². The van der Waals surface area contributed by atoms with Gasteiger partial charge in [-0.05, 0) is 74.6 Å². The van der Waals surface area contributed by atoms with Gasteiger partial charge in [0.15, 0.2) is 4.93 Å². The standard InChI is InChI=1S/C28H39NO2S/c1-3-5-18-28(19-6-4-2)31-26-17-13-23(20-27(26)32-28)25-16-15-24(29(25)21-30)14-12-22-10-8-7-9-11-22/h7-11,13,17,20,24-25,30H,3-6,12,14-16,18-19,21H2,1-2H3. The first kappa shape index (κ1) is 23.7. The number of benzene rings is 2. The summed E-state index contributed by atoms with van der Waals surface area (Å²) in [6.45, 7) is 4.65. The molecule has 4 rings (SSSR count). The van der Waals surface area contributed by atoms with Crippen molar-refractivity contribution in [2.75, 3.05) is 6.73 Å². The van der Waals surface area contributed by atoms with E-state index in [0.29, 0.717) is 12.1 Å². The number of unbranched alkanes of at least 4 members (excludes halogenated alkanes) is 2. The molecule has 4 heteroatoms. The number of hydrogen-bond donors (Lipinski definition) is 1. The van der Waals surface area contributed by atoms with Crippen molar-refractivity contribution in [1.29, 1.82) is 0 Å². The number of aliphatic hydroxyl groups is 1. The van der Waals surface area contributed by atoms with Gasteiger partial charge in [0.05, 0.1) is 11.6 Å². The Labute approximate surface area is 198 Å². The van der Waals surface area contributed by atoms with Gasteiger partial charge in [0.1, 0.15) is 5.75 Å². The fourth-order valence-corrected chi connectivity index (χ4v) is 6.77. The lowest BCUT2D eigenvalue weighted by Gasteiger charge is -2.28. The van der Waals surface area contributed by atoms with Crippen LogP contribution < -0.4 is 4.74 Å². The van der Waals surface area contributed by atoms with Gasteiger partial charge in [-0.1, -0.05) is 74.8 Å². The van der Waals surface area contributed by atoms with E-state index < -0.39 is 0 Å². The molecule has 2 aromatic rings. The molecule has 0 aliphatic carbocycles. The average molecular weight is 454 g/mol. The zero-order chi connectivity index (χ0) is 22.4. The molecule has 0 aromatic heterocycles. The van der Waals surface area contributed by atoms with Crippen LogP contribution in [0.3, 0.4) is 0 Å². The van der Waals surface area contributed by atoms with E-state index in [4.69, 9.17) is 4.74 Å². The van der Waals surface area contributed by atoms with E-state index in [0.717, 1.165) is 44.3 Å². The largest absolute Gasteiger partial charge is 0.475 e. The summed E-state index contributed by atoms with van der Waals surface area (Å²) in [6, 6.07) is 18.2. The second-order valence-electron chi connectivity index (χ2n) is 9.45. The molecule has 2 aliphatic rings. The topological polar surface area (TPSA) is 32.7 Å². The highest BCUT2D eigenvalue weighted by molar-refractivity contribution is 8.00. The quantitative estimate of drug-likeness (QED) is 0.386. The minimum Gasteiger partial charge on any atom is -0.475 e. The molecule has 32 heavy (non-hydrogen) atoms. The Balaban J connectivity index is 1.45. The number of nitrogens with zero attached hydrogens (tertiary/aromatic N) is 1. The maximum atomic E-state index is 10.2. The summed E-state index contributed by atoms with van der Waals surface area (Å²) in [5, 5.41) is 10.2. The lowest BCUT2D eigenvalue weighted by molar-refractivity contribution is 0.0596. The Hall–Kier alpha value is -1.49. The Morgan fingerprint density at radius 3 is 2.47 bits per heavy atom. The van der Waals surface area contributed by atoms with Gasteiger partial charge in [0.2, 0.25) is 0 Å². The highest BCUT2D eigenvalue weighted by atomic mass is 32.2. The molecule has 1 saturated heterocycles. The zero-order valence-corrected chi connectivity index (χ0v) is 20.6. The predicted octanol–water partition coefficient (Wildman–Crippen LogP) is 7.34. The van der Waals surface area contributed by atoms with Crippen LogP contribution in [0.25, 0.3) is 0 Å². The van der Waals surface area contributed by atoms with Gasteiger partial charge in [0.25, 0.3) is 0 Å². The Bertz CT molecular complexity index is 848. The van der Waals surface area contributed by atoms with Crippen LogP contribution in [0, 0.1) is 0 Å². The van der Waals surface area contributed by atoms with E-state index >= 15 is 0 Å². The molecule has 0 spiro atoms. The van der Waals surface area contributed by atoms with E-state index in [9.17, 15) is 5.11 Å². The summed E-state index contributed by atoms with van der Waals surface area (Å²) < 4.78 is 6.58. The Morgan fingerprint density at radius 2 is 1.78 bits per heavy atom. The van der Waals surface area contributed by atoms with Crippen molar-refractivity contribution in [1.82, 2.24) is 4.90 Å². The van der Waals surface area contributed by atoms with Gasteiger partial charge in [-0.15, -0.1) is 0 Å². The molecule has 1 fully saturated rings. The fourth-order valence-electron chi connectivity index (χ4n) is 5.34. The summed E-state index contributed by atoms with van der Waals surface area (Å²) in [4.78, 5) is 3.52. The van der Waals surface area contributed by atoms with Crippen molar-refractivity contribution < 1.29 is 9.84 Å². The van der Waals surface area contributed by atoms with Gasteiger partial charge in [-0.25, -0.2) is 0 Å². The molecular formula is C28H39NO2S. The van der Waals surface area contributed by atoms with E-state index in [-0.39, 0.29) is 11.7 Å². The highest BCUT2D eigenvalue weighted by Gasteiger charge is 2.40. The van der Waals surface area contributed by atoms with Crippen molar-refractivity contribution in [3.63, 3.8) is 0 Å². The zero-order valence-electron chi connectivity index (χ0n) is 19.8. The third-order valence-electron chi connectivity index (χ3n) is 7.18. The molecule has 2 heterocycles. The van der Waals surface area contributed by atoms with E-state index in [1.165, 1.54) is 41.7 Å². The molecule has 2 atom stereocenters. The van der Waals surface area contributed by atoms with Gasteiger partial charge >= 0.3 is 0 Å². The highest BCUT2D eigenvalue weighted by Crippen LogP contribution is 2.53. The molecule has 2 unspecified atom stereocenters. The van der Waals surface area contributed by atoms with Gasteiger partial charge < -0.3 is 9.84 Å². The van der Waals surface area contributed by atoms with E-state index in [2.05, 4.69) is 67.3 Å². The van der Waals surface area contributed by atoms with Crippen LogP contribution in [0.1, 0.15) is 88.8 Å². The molecule has 0 radical (unpaired) electrons. The van der Waals surface area contributed by atoms with Crippen LogP contribution in [0.5, 0.6) is 5.75 Å². The van der Waals surface area contributed by atoms with Crippen molar-refractivity contribution in [3.8, 4) is 5.75 Å². The van der Waals surface area contributed by atoms with E-state index in [1.54, 1.807) is 0 Å². The van der Waals surface area contributed by atoms with E-state index in [1.807, 2.05) is 11.8 Å². The van der Waals surface area contributed by atoms with Crippen LogP contribution >= 0.6 is 11.8 Å². The number of hydrogen-bond acceptors (Lipinski definition) is 4. The number of thioether (sulfide) groups is 1. The number of aryl methyl sites for hydroxylation is 1. The maximum Gasteiger partial charge on any atom is 0.159 e. The normalized spacial score (nSPS) is 22.1. The molecule has 1 N–H and O–H groups in total. The Morgan fingerprint density at radius 1 is 1.03 bits per heavy atom. The van der Waals surface area contributed by atoms with Crippen LogP contribution in [-0.2, 0) is 6.42 Å². The number of ether oxygens (including phenoxy) is 1. The molecule has 0 amide bonds. The number of aliphatic hydroxyl groups excluding tert-OH is 1. The number of fused-ring (bicyclic) bond motifs is 1. The first-order valence-corrected chi connectivity index (χ1v) is 13.4. The molecule has 0 saturated carbocycles. The third kappa shape index (κ3) is 5.35. The number of likely N-dealkylation sites (tertiary alicyclic amines) is 1. The van der Waals surface area contributed by atoms with Crippen molar-refractivity contribution >= 4 is 11.8 Å². The second kappa shape index (κ2) is 11.1. The molecule has 0 bridgehead atoms. The smallest absolute Gasteiger partial charge is 0.159 e. The Kier molecular flexibility index (Phi) is 8.20.